The van der Waals surface area contributed by atoms with E-state index in [2.05, 4.69) is 49.0 Å². The third-order valence-corrected chi connectivity index (χ3v) is 3.01. The molecule has 2 heterocycles. The zero-order valence-corrected chi connectivity index (χ0v) is 11.6. The monoisotopic (exact) mass is 281 g/mol. The topological polar surface area (TPSA) is 126 Å². The highest BCUT2D eigenvalue weighted by atomic mass is 16.6. The molecule has 20 heavy (non-hydrogen) atoms. The van der Waals surface area contributed by atoms with Crippen molar-refractivity contribution in [2.24, 2.45) is 0 Å². The number of rotatable bonds is 7. The molecular formula is C11H19N7O2. The van der Waals surface area contributed by atoms with Crippen molar-refractivity contribution in [3.8, 4) is 0 Å². The van der Waals surface area contributed by atoms with Crippen LogP contribution < -0.4 is 11.1 Å². The lowest BCUT2D eigenvalue weighted by atomic mass is 10.3. The molecule has 4 N–H and O–H groups in total. The van der Waals surface area contributed by atoms with Crippen molar-refractivity contribution in [2.75, 3.05) is 37.2 Å². The van der Waals surface area contributed by atoms with Crippen LogP contribution in [-0.2, 0) is 0 Å². The number of aromatic nitrogens is 4. The van der Waals surface area contributed by atoms with Gasteiger partial charge in [0, 0.05) is 13.1 Å². The van der Waals surface area contributed by atoms with Crippen LogP contribution in [0.25, 0.3) is 11.3 Å². The number of nitrogens with zero attached hydrogens (tertiary/aromatic N) is 5. The van der Waals surface area contributed by atoms with Gasteiger partial charge in [-0.2, -0.15) is 0 Å². The quantitative estimate of drug-likeness (QED) is 0.627. The van der Waals surface area contributed by atoms with E-state index < -0.39 is 6.10 Å². The van der Waals surface area contributed by atoms with E-state index in [9.17, 15) is 5.11 Å². The fraction of sp³-hybridized carbons (Fsp3) is 0.636. The highest BCUT2D eigenvalue weighted by Crippen LogP contribution is 2.15. The van der Waals surface area contributed by atoms with Gasteiger partial charge in [0.15, 0.2) is 11.6 Å². The smallest absolute Gasteiger partial charge is 0.245 e. The van der Waals surface area contributed by atoms with Crippen molar-refractivity contribution in [3.63, 3.8) is 0 Å². The maximum atomic E-state index is 9.97. The summed E-state index contributed by atoms with van der Waals surface area (Å²) < 4.78 is 4.52. The standard InChI is InChI=1S/C11H19N7O2/c1-3-18(4-2)6-7(19)5-13-9-8(12)14-10-11(15-9)17-20-16-10/h7,19H,3-6H2,1-2H3,(H2,12,14,16)(H,13,15,17). The molecular weight excluding hydrogens is 262 g/mol. The highest BCUT2D eigenvalue weighted by Gasteiger charge is 2.13. The Morgan fingerprint density at radius 3 is 2.55 bits per heavy atom. The fourth-order valence-electron chi connectivity index (χ4n) is 1.84. The Morgan fingerprint density at radius 1 is 1.25 bits per heavy atom. The molecule has 0 fully saturated rings. The van der Waals surface area contributed by atoms with Gasteiger partial charge in [-0.05, 0) is 23.4 Å². The molecule has 0 aromatic carbocycles. The summed E-state index contributed by atoms with van der Waals surface area (Å²) in [6.07, 6.45) is -0.526. The second kappa shape index (κ2) is 6.44. The highest BCUT2D eigenvalue weighted by molar-refractivity contribution is 5.71. The van der Waals surface area contributed by atoms with Crippen LogP contribution in [0.1, 0.15) is 13.8 Å². The summed E-state index contributed by atoms with van der Waals surface area (Å²) in [7, 11) is 0. The normalized spacial score (nSPS) is 13.0. The van der Waals surface area contributed by atoms with Crippen molar-refractivity contribution >= 4 is 22.9 Å². The molecule has 110 valence electrons. The van der Waals surface area contributed by atoms with Gasteiger partial charge in [-0.3, -0.25) is 0 Å². The molecule has 0 aliphatic rings. The summed E-state index contributed by atoms with van der Waals surface area (Å²) >= 11 is 0. The van der Waals surface area contributed by atoms with Crippen LogP contribution in [0, 0.1) is 0 Å². The van der Waals surface area contributed by atoms with E-state index >= 15 is 0 Å². The number of nitrogens with two attached hydrogens (primary N) is 1. The first-order valence-corrected chi connectivity index (χ1v) is 6.54. The second-order valence-corrected chi connectivity index (χ2v) is 4.39. The first-order valence-electron chi connectivity index (χ1n) is 6.54. The van der Waals surface area contributed by atoms with Crippen molar-refractivity contribution in [2.45, 2.75) is 20.0 Å². The minimum Gasteiger partial charge on any atom is -0.390 e. The SMILES string of the molecule is CCN(CC)CC(O)CNc1nc2nonc2nc1N. The van der Waals surface area contributed by atoms with Gasteiger partial charge in [0.25, 0.3) is 0 Å². The molecule has 1 atom stereocenters. The summed E-state index contributed by atoms with van der Waals surface area (Å²) in [6, 6.07) is 0. The minimum atomic E-state index is -0.526. The second-order valence-electron chi connectivity index (χ2n) is 4.39. The first kappa shape index (κ1) is 14.4. The van der Waals surface area contributed by atoms with E-state index in [0.717, 1.165) is 13.1 Å². The number of likely N-dealkylation sites (N-methyl/N-ethyl adjacent to an activating group) is 1. The number of nitrogen functional groups attached to an aromatic ring is 1. The number of aliphatic hydroxyl groups excluding tert-OH is 1. The van der Waals surface area contributed by atoms with E-state index in [4.69, 9.17) is 5.73 Å². The Hall–Kier alpha value is -2.00. The maximum Gasteiger partial charge on any atom is 0.245 e. The Bertz CT molecular complexity index is 555. The van der Waals surface area contributed by atoms with E-state index in [-0.39, 0.29) is 17.1 Å². The lowest BCUT2D eigenvalue weighted by molar-refractivity contribution is 0.128. The van der Waals surface area contributed by atoms with Crippen molar-refractivity contribution in [1.29, 1.82) is 0 Å². The van der Waals surface area contributed by atoms with Crippen LogP contribution in [0.15, 0.2) is 4.63 Å². The maximum absolute atomic E-state index is 9.97. The number of hydrogen-bond donors (Lipinski definition) is 3. The van der Waals surface area contributed by atoms with Crippen LogP contribution in [0.3, 0.4) is 0 Å². The molecule has 0 aliphatic heterocycles. The van der Waals surface area contributed by atoms with Crippen molar-refractivity contribution in [3.05, 3.63) is 0 Å². The van der Waals surface area contributed by atoms with E-state index in [1.54, 1.807) is 0 Å². The van der Waals surface area contributed by atoms with Crippen molar-refractivity contribution in [1.82, 2.24) is 25.2 Å². The average Bonchev–Trinajstić information content (AvgIpc) is 2.89. The van der Waals surface area contributed by atoms with E-state index in [1.807, 2.05) is 0 Å². The van der Waals surface area contributed by atoms with Gasteiger partial charge < -0.3 is 21.1 Å². The Labute approximate surface area is 116 Å². The molecule has 0 amide bonds. The van der Waals surface area contributed by atoms with E-state index in [1.165, 1.54) is 0 Å². The number of nitrogens with one attached hydrogen (secondary N) is 1. The van der Waals surface area contributed by atoms with Gasteiger partial charge in [-0.15, -0.1) is 0 Å². The van der Waals surface area contributed by atoms with Crippen LogP contribution in [0.2, 0.25) is 0 Å². The number of fused-ring (bicyclic) bond motifs is 1. The van der Waals surface area contributed by atoms with Crippen LogP contribution in [0.5, 0.6) is 0 Å². The predicted molar refractivity (Wildman–Crippen MR) is 74.1 cm³/mol. The molecule has 2 aromatic rings. The van der Waals surface area contributed by atoms with Crippen LogP contribution >= 0.6 is 0 Å². The Morgan fingerprint density at radius 2 is 1.90 bits per heavy atom. The lowest BCUT2D eigenvalue weighted by Crippen LogP contribution is -2.36. The molecule has 9 nitrogen and oxygen atoms in total. The predicted octanol–water partition coefficient (Wildman–Crippen LogP) is -0.290. The third-order valence-electron chi connectivity index (χ3n) is 3.01. The summed E-state index contributed by atoms with van der Waals surface area (Å²) in [5.74, 6) is 0.565. The van der Waals surface area contributed by atoms with E-state index in [0.29, 0.717) is 18.9 Å². The zero-order valence-electron chi connectivity index (χ0n) is 11.6. The number of hydrogen-bond acceptors (Lipinski definition) is 9. The fourth-order valence-corrected chi connectivity index (χ4v) is 1.84. The first-order chi connectivity index (χ1) is 9.63. The molecule has 0 radical (unpaired) electrons. The molecule has 0 spiro atoms. The Kier molecular flexibility index (Phi) is 4.64. The number of anilines is 2. The zero-order chi connectivity index (χ0) is 14.5. The van der Waals surface area contributed by atoms with Crippen LogP contribution in [0.4, 0.5) is 11.6 Å². The summed E-state index contributed by atoms with van der Waals surface area (Å²) in [4.78, 5) is 10.3. The van der Waals surface area contributed by atoms with Crippen molar-refractivity contribution < 1.29 is 9.74 Å². The molecule has 1 unspecified atom stereocenters. The molecule has 0 aliphatic carbocycles. The van der Waals surface area contributed by atoms with Gasteiger partial charge in [0.2, 0.25) is 11.3 Å². The molecule has 2 rings (SSSR count). The molecule has 2 aromatic heterocycles. The lowest BCUT2D eigenvalue weighted by Gasteiger charge is -2.22. The largest absolute Gasteiger partial charge is 0.390 e. The Balaban J connectivity index is 1.96. The average molecular weight is 281 g/mol. The summed E-state index contributed by atoms with van der Waals surface area (Å²) in [5.41, 5.74) is 6.29. The summed E-state index contributed by atoms with van der Waals surface area (Å²) in [5, 5.41) is 20.1. The van der Waals surface area contributed by atoms with Gasteiger partial charge in [0.1, 0.15) is 0 Å². The number of aliphatic hydroxyl groups is 1. The minimum absolute atomic E-state index is 0.197. The van der Waals surface area contributed by atoms with Gasteiger partial charge in [0.05, 0.1) is 6.10 Å². The van der Waals surface area contributed by atoms with Gasteiger partial charge in [-0.1, -0.05) is 13.8 Å². The van der Waals surface area contributed by atoms with Gasteiger partial charge >= 0.3 is 0 Å². The van der Waals surface area contributed by atoms with Gasteiger partial charge in [-0.25, -0.2) is 14.6 Å². The molecule has 0 saturated carbocycles. The molecule has 0 bridgehead atoms. The molecule has 9 heteroatoms. The third kappa shape index (κ3) is 3.31. The molecule has 0 saturated heterocycles. The van der Waals surface area contributed by atoms with Crippen LogP contribution in [-0.4, -0.2) is 62.6 Å². The summed E-state index contributed by atoms with van der Waals surface area (Å²) in [6.45, 7) is 6.81.